The Kier molecular flexibility index (Phi) is 4.34. The predicted molar refractivity (Wildman–Crippen MR) is 93.5 cm³/mol. The van der Waals surface area contributed by atoms with Gasteiger partial charge in [-0.15, -0.1) is 0 Å². The summed E-state index contributed by atoms with van der Waals surface area (Å²) in [5.41, 5.74) is 8.39. The fourth-order valence-corrected chi connectivity index (χ4v) is 3.02. The lowest BCUT2D eigenvalue weighted by Crippen LogP contribution is -2.38. The minimum Gasteiger partial charge on any atom is -0.370 e. The molecule has 22 heavy (non-hydrogen) atoms. The van der Waals surface area contributed by atoms with Gasteiger partial charge in [0.2, 0.25) is 0 Å². The van der Waals surface area contributed by atoms with E-state index in [0.29, 0.717) is 12.5 Å². The number of para-hydroxylation sites is 1. The Morgan fingerprint density at radius 2 is 1.77 bits per heavy atom. The lowest BCUT2D eigenvalue weighted by molar-refractivity contribution is 0.254. The molecule has 3 N–H and O–H groups in total. The fourth-order valence-electron chi connectivity index (χ4n) is 2.89. The Morgan fingerprint density at radius 3 is 2.36 bits per heavy atom. The summed E-state index contributed by atoms with van der Waals surface area (Å²) in [6.07, 6.45) is 3.54. The van der Waals surface area contributed by atoms with E-state index in [4.69, 9.17) is 17.3 Å². The van der Waals surface area contributed by atoms with Crippen LogP contribution in [0.5, 0.6) is 0 Å². The molecular formula is C18H20ClN3. The van der Waals surface area contributed by atoms with Gasteiger partial charge in [-0.2, -0.15) is 0 Å². The maximum Gasteiger partial charge on any atom is 0.193 e. The monoisotopic (exact) mass is 313 g/mol. The average molecular weight is 314 g/mol. The highest BCUT2D eigenvalue weighted by Crippen LogP contribution is 2.44. The second kappa shape index (κ2) is 6.41. The van der Waals surface area contributed by atoms with Crippen LogP contribution >= 0.6 is 11.6 Å². The minimum atomic E-state index is 0.119. The summed E-state index contributed by atoms with van der Waals surface area (Å²) in [4.78, 5) is 4.56. The van der Waals surface area contributed by atoms with Crippen LogP contribution in [0.2, 0.25) is 5.02 Å². The Labute approximate surface area is 136 Å². The molecule has 1 fully saturated rings. The number of hydrogen-bond donors (Lipinski definition) is 2. The molecular weight excluding hydrogens is 294 g/mol. The van der Waals surface area contributed by atoms with Crippen molar-refractivity contribution >= 4 is 23.2 Å². The normalized spacial score (nSPS) is 16.9. The van der Waals surface area contributed by atoms with Crippen LogP contribution in [0.15, 0.2) is 59.6 Å². The van der Waals surface area contributed by atoms with Crippen LogP contribution in [0, 0.1) is 0 Å². The highest BCUT2D eigenvalue weighted by molar-refractivity contribution is 6.30. The van der Waals surface area contributed by atoms with Gasteiger partial charge in [0.1, 0.15) is 0 Å². The summed E-state index contributed by atoms with van der Waals surface area (Å²) in [6.45, 7) is 0.709. The third kappa shape index (κ3) is 3.25. The van der Waals surface area contributed by atoms with E-state index in [1.54, 1.807) is 0 Å². The first-order valence-electron chi connectivity index (χ1n) is 7.56. The molecule has 0 aromatic heterocycles. The van der Waals surface area contributed by atoms with Crippen molar-refractivity contribution in [2.24, 2.45) is 10.7 Å². The Bertz CT molecular complexity index is 646. The Hall–Kier alpha value is -2.00. The van der Waals surface area contributed by atoms with Gasteiger partial charge in [0.05, 0.1) is 6.54 Å². The number of guanidine groups is 1. The summed E-state index contributed by atoms with van der Waals surface area (Å²) < 4.78 is 0. The third-order valence-electron chi connectivity index (χ3n) is 4.37. The van der Waals surface area contributed by atoms with Gasteiger partial charge in [0.15, 0.2) is 5.96 Å². The van der Waals surface area contributed by atoms with Crippen molar-refractivity contribution in [1.29, 1.82) is 0 Å². The van der Waals surface area contributed by atoms with Crippen molar-refractivity contribution in [2.45, 2.75) is 24.7 Å². The van der Waals surface area contributed by atoms with Crippen molar-refractivity contribution in [3.8, 4) is 0 Å². The highest BCUT2D eigenvalue weighted by Gasteiger charge is 2.38. The van der Waals surface area contributed by atoms with E-state index in [2.05, 4.69) is 22.4 Å². The third-order valence-corrected chi connectivity index (χ3v) is 4.62. The van der Waals surface area contributed by atoms with Gasteiger partial charge >= 0.3 is 0 Å². The van der Waals surface area contributed by atoms with Crippen LogP contribution in [0.4, 0.5) is 5.69 Å². The smallest absolute Gasteiger partial charge is 0.193 e. The number of anilines is 1. The molecule has 0 amide bonds. The molecule has 3 nitrogen and oxygen atoms in total. The van der Waals surface area contributed by atoms with Gasteiger partial charge in [-0.3, -0.25) is 4.99 Å². The zero-order chi connectivity index (χ0) is 15.4. The van der Waals surface area contributed by atoms with Gasteiger partial charge in [-0.1, -0.05) is 48.4 Å². The number of rotatable bonds is 4. The van der Waals surface area contributed by atoms with Crippen LogP contribution in [0.3, 0.4) is 0 Å². The number of nitrogens with zero attached hydrogens (tertiary/aromatic N) is 1. The summed E-state index contributed by atoms with van der Waals surface area (Å²) in [5, 5.41) is 3.90. The first-order chi connectivity index (χ1) is 10.7. The van der Waals surface area contributed by atoms with Gasteiger partial charge in [0.25, 0.3) is 0 Å². The van der Waals surface area contributed by atoms with Gasteiger partial charge in [-0.05, 0) is 42.7 Å². The van der Waals surface area contributed by atoms with Crippen molar-refractivity contribution in [1.82, 2.24) is 0 Å². The zero-order valence-corrected chi connectivity index (χ0v) is 13.2. The molecule has 2 aromatic rings. The molecule has 0 radical (unpaired) electrons. The molecule has 1 aliphatic carbocycles. The van der Waals surface area contributed by atoms with E-state index < -0.39 is 0 Å². The maximum atomic E-state index is 6.01. The number of aliphatic imine (C=N–C) groups is 1. The molecule has 1 saturated carbocycles. The molecule has 2 aromatic carbocycles. The minimum absolute atomic E-state index is 0.119. The summed E-state index contributed by atoms with van der Waals surface area (Å²) in [5.74, 6) is 0.464. The molecule has 3 rings (SSSR count). The van der Waals surface area contributed by atoms with Gasteiger partial charge in [0, 0.05) is 16.1 Å². The second-order valence-corrected chi connectivity index (χ2v) is 6.27. The SMILES string of the molecule is NC(=NCC1(c2ccc(Cl)cc2)CCC1)Nc1ccccc1. The van der Waals surface area contributed by atoms with Crippen LogP contribution in [0.25, 0.3) is 0 Å². The van der Waals surface area contributed by atoms with Gasteiger partial charge in [-0.25, -0.2) is 0 Å². The lowest BCUT2D eigenvalue weighted by atomic mass is 9.64. The molecule has 0 aliphatic heterocycles. The van der Waals surface area contributed by atoms with E-state index >= 15 is 0 Å². The van der Waals surface area contributed by atoms with Crippen LogP contribution in [0.1, 0.15) is 24.8 Å². The lowest BCUT2D eigenvalue weighted by Gasteiger charge is -2.41. The molecule has 4 heteroatoms. The average Bonchev–Trinajstić information content (AvgIpc) is 2.49. The highest BCUT2D eigenvalue weighted by atomic mass is 35.5. The number of benzene rings is 2. The summed E-state index contributed by atoms with van der Waals surface area (Å²) in [7, 11) is 0. The number of nitrogens with two attached hydrogens (primary N) is 1. The van der Waals surface area contributed by atoms with Crippen molar-refractivity contribution in [3.05, 3.63) is 65.2 Å². The topological polar surface area (TPSA) is 50.4 Å². The Balaban J connectivity index is 1.70. The molecule has 0 bridgehead atoms. The second-order valence-electron chi connectivity index (χ2n) is 5.83. The first kappa shape index (κ1) is 14.9. The van der Waals surface area contributed by atoms with Gasteiger partial charge < -0.3 is 11.1 Å². The molecule has 0 spiro atoms. The van der Waals surface area contributed by atoms with Crippen molar-refractivity contribution in [2.75, 3.05) is 11.9 Å². The van der Waals surface area contributed by atoms with Crippen LogP contribution < -0.4 is 11.1 Å². The summed E-state index contributed by atoms with van der Waals surface area (Å²) in [6, 6.07) is 18.0. The largest absolute Gasteiger partial charge is 0.370 e. The van der Waals surface area contributed by atoms with E-state index in [9.17, 15) is 0 Å². The van der Waals surface area contributed by atoms with Crippen LogP contribution in [-0.2, 0) is 5.41 Å². The summed E-state index contributed by atoms with van der Waals surface area (Å²) >= 11 is 5.98. The van der Waals surface area contributed by atoms with Crippen LogP contribution in [-0.4, -0.2) is 12.5 Å². The Morgan fingerprint density at radius 1 is 1.09 bits per heavy atom. The standard InChI is InChI=1S/C18H20ClN3/c19-15-9-7-14(8-10-15)18(11-4-12-18)13-21-17(20)22-16-5-2-1-3-6-16/h1-3,5-10H,4,11-13H2,(H3,20,21,22). The van der Waals surface area contributed by atoms with E-state index in [1.165, 1.54) is 12.0 Å². The van der Waals surface area contributed by atoms with E-state index in [-0.39, 0.29) is 5.41 Å². The number of nitrogens with one attached hydrogen (secondary N) is 1. The van der Waals surface area contributed by atoms with E-state index in [0.717, 1.165) is 23.6 Å². The first-order valence-corrected chi connectivity index (χ1v) is 7.94. The molecule has 0 heterocycles. The molecule has 114 valence electrons. The molecule has 0 unspecified atom stereocenters. The molecule has 1 aliphatic rings. The zero-order valence-electron chi connectivity index (χ0n) is 12.4. The van der Waals surface area contributed by atoms with Crippen molar-refractivity contribution in [3.63, 3.8) is 0 Å². The maximum absolute atomic E-state index is 6.01. The van der Waals surface area contributed by atoms with Crippen molar-refractivity contribution < 1.29 is 0 Å². The molecule has 0 atom stereocenters. The predicted octanol–water partition coefficient (Wildman–Crippen LogP) is 4.19. The quantitative estimate of drug-likeness (QED) is 0.657. The molecule has 0 saturated heterocycles. The number of halogens is 1. The fraction of sp³-hybridized carbons (Fsp3) is 0.278. The van der Waals surface area contributed by atoms with E-state index in [1.807, 2.05) is 42.5 Å². The number of hydrogen-bond acceptors (Lipinski definition) is 1.